The van der Waals surface area contributed by atoms with Gasteiger partial charge in [0.05, 0.1) is 19.9 Å². The number of carbonyl (C=O) groups excluding carboxylic acids is 2. The van der Waals surface area contributed by atoms with Crippen molar-refractivity contribution >= 4 is 113 Å². The Morgan fingerprint density at radius 1 is 0.792 bits per heavy atom. The number of ether oxygens (including phenoxy) is 3. The predicted octanol–water partition coefficient (Wildman–Crippen LogP) is 5.81. The quantitative estimate of drug-likeness (QED) is 0.136. The van der Waals surface area contributed by atoms with E-state index in [0.717, 1.165) is 35.2 Å². The largest absolute Gasteiger partial charge is 2.00 e. The van der Waals surface area contributed by atoms with E-state index in [1.54, 1.807) is 44.6 Å². The molecule has 0 fully saturated rings. The van der Waals surface area contributed by atoms with Gasteiger partial charge in [-0.25, -0.2) is 19.6 Å². The number of aryl methyl sites for hydroxylation is 1. The molecule has 1 N–H and O–H groups in total. The number of hydrogen-bond acceptors (Lipinski definition) is 9. The third kappa shape index (κ3) is 31.6. The molecule has 0 aromatic carbocycles. The zero-order valence-corrected chi connectivity index (χ0v) is 37.4. The van der Waals surface area contributed by atoms with Crippen molar-refractivity contribution in [1.82, 2.24) is 15.0 Å². The van der Waals surface area contributed by atoms with Gasteiger partial charge in [-0.3, -0.25) is 4.98 Å². The summed E-state index contributed by atoms with van der Waals surface area (Å²) in [7, 11) is 2.68. The molecule has 0 spiro atoms. The van der Waals surface area contributed by atoms with E-state index in [1.807, 2.05) is 45.0 Å². The summed E-state index contributed by atoms with van der Waals surface area (Å²) >= 11 is 25.9. The summed E-state index contributed by atoms with van der Waals surface area (Å²) in [6.07, 6.45) is 4.88. The second-order valence-electron chi connectivity index (χ2n) is 8.84. The molecule has 0 bridgehead atoms. The predicted molar refractivity (Wildman–Crippen MR) is 201 cm³/mol. The average Bonchev–Trinajstić information content (AvgIpc) is 3.00. The van der Waals surface area contributed by atoms with Gasteiger partial charge in [0, 0.05) is 42.5 Å². The van der Waals surface area contributed by atoms with E-state index in [1.165, 1.54) is 14.2 Å². The number of rotatable bonds is 7. The van der Waals surface area contributed by atoms with Gasteiger partial charge in [-0.05, 0) is 87.7 Å². The zero-order chi connectivity index (χ0) is 35.1. The Morgan fingerprint density at radius 2 is 1.17 bits per heavy atom. The SMILES string of the molecule is CC(C)(O)c1cc(CBr)ccn1.CCOCC.COC(=O)c1cc(C)ccn1.COC(=O)c1cc(CBr)ccn1.ClC(Cl)(Cl)Cl.[Br-].[CH3-].[Mg+2]. The molecular formula is C31H42Br3Cl4MgN3O6. The Kier molecular flexibility index (Phi) is 38.7. The van der Waals surface area contributed by atoms with Crippen molar-refractivity contribution in [2.45, 2.75) is 54.1 Å². The van der Waals surface area contributed by atoms with Crippen LogP contribution >= 0.6 is 78.3 Å². The molecule has 0 atom stereocenters. The van der Waals surface area contributed by atoms with Gasteiger partial charge in [-0.1, -0.05) is 78.3 Å². The van der Waals surface area contributed by atoms with Gasteiger partial charge < -0.3 is 43.7 Å². The molecule has 3 aromatic heterocycles. The molecule has 3 rings (SSSR count). The van der Waals surface area contributed by atoms with Gasteiger partial charge in [-0.2, -0.15) is 0 Å². The molecule has 268 valence electrons. The Labute approximate surface area is 348 Å². The van der Waals surface area contributed by atoms with E-state index in [0.29, 0.717) is 22.4 Å². The second-order valence-corrected chi connectivity index (χ2v) is 13.4. The van der Waals surface area contributed by atoms with Crippen molar-refractivity contribution < 1.29 is 45.9 Å². The number of aromatic nitrogens is 3. The topological polar surface area (TPSA) is 121 Å². The number of carbonyl (C=O) groups is 2. The van der Waals surface area contributed by atoms with Crippen LogP contribution < -0.4 is 17.0 Å². The summed E-state index contributed by atoms with van der Waals surface area (Å²) in [6.45, 7) is 11.0. The summed E-state index contributed by atoms with van der Waals surface area (Å²) in [5.74, 6) is -0.800. The summed E-state index contributed by atoms with van der Waals surface area (Å²) in [5.41, 5.74) is 3.69. The van der Waals surface area contributed by atoms with Crippen LogP contribution in [-0.4, -0.2) is 85.7 Å². The maximum atomic E-state index is 11.0. The van der Waals surface area contributed by atoms with Crippen LogP contribution in [0.4, 0.5) is 0 Å². The second kappa shape index (κ2) is 32.6. The molecule has 0 aliphatic carbocycles. The molecule has 3 aromatic rings. The number of methoxy groups -OCH3 is 2. The number of pyridine rings is 3. The van der Waals surface area contributed by atoms with Gasteiger partial charge in [0.2, 0.25) is 0 Å². The molecule has 0 saturated heterocycles. The average molecular weight is 959 g/mol. The molecule has 17 heteroatoms. The van der Waals surface area contributed by atoms with Crippen LogP contribution in [0.1, 0.15) is 71.1 Å². The van der Waals surface area contributed by atoms with E-state index >= 15 is 0 Å². The normalized spacial score (nSPS) is 9.54. The van der Waals surface area contributed by atoms with Crippen molar-refractivity contribution in [2.75, 3.05) is 27.4 Å². The van der Waals surface area contributed by atoms with Crippen LogP contribution in [0.3, 0.4) is 0 Å². The van der Waals surface area contributed by atoms with Gasteiger partial charge in [0.15, 0.2) is 0 Å². The first-order valence-corrected chi connectivity index (χ1v) is 16.9. The molecule has 0 aliphatic heterocycles. The van der Waals surface area contributed by atoms with E-state index in [4.69, 9.17) is 51.1 Å². The maximum Gasteiger partial charge on any atom is 2.00 e. The van der Waals surface area contributed by atoms with Crippen LogP contribution in [0.25, 0.3) is 0 Å². The summed E-state index contributed by atoms with van der Waals surface area (Å²) in [5, 5.41) is 11.1. The van der Waals surface area contributed by atoms with E-state index < -0.39 is 20.8 Å². The first-order valence-electron chi connectivity index (χ1n) is 13.1. The van der Waals surface area contributed by atoms with Gasteiger partial charge in [0.1, 0.15) is 17.0 Å². The fourth-order valence-corrected chi connectivity index (χ4v) is 3.32. The monoisotopic (exact) mass is 953 g/mol. The third-order valence-corrected chi connectivity index (χ3v) is 5.99. The molecule has 0 amide bonds. The number of halogens is 7. The van der Waals surface area contributed by atoms with Crippen LogP contribution in [0, 0.1) is 14.4 Å². The van der Waals surface area contributed by atoms with Crippen LogP contribution in [0.2, 0.25) is 0 Å². The molecule has 0 unspecified atom stereocenters. The van der Waals surface area contributed by atoms with Crippen molar-refractivity contribution in [2.24, 2.45) is 0 Å². The molecular weight excluding hydrogens is 916 g/mol. The van der Waals surface area contributed by atoms with Crippen molar-refractivity contribution in [3.8, 4) is 0 Å². The zero-order valence-electron chi connectivity index (χ0n) is 28.2. The molecule has 0 aliphatic rings. The first kappa shape index (κ1) is 57.0. The Morgan fingerprint density at radius 3 is 1.50 bits per heavy atom. The number of alkyl halides is 6. The molecule has 9 nitrogen and oxygen atoms in total. The molecule has 3 heterocycles. The van der Waals surface area contributed by atoms with Crippen molar-refractivity contribution in [1.29, 1.82) is 0 Å². The van der Waals surface area contributed by atoms with E-state index in [-0.39, 0.29) is 47.5 Å². The summed E-state index contributed by atoms with van der Waals surface area (Å²) in [6, 6.07) is 10.9. The Hall–Kier alpha value is -0.324. The smallest absolute Gasteiger partial charge is 1.00 e. The minimum Gasteiger partial charge on any atom is -1.00 e. The maximum absolute atomic E-state index is 11.0. The Bertz CT molecular complexity index is 1270. The van der Waals surface area contributed by atoms with Crippen molar-refractivity contribution in [3.05, 3.63) is 96.2 Å². The molecule has 0 radical (unpaired) electrons. The van der Waals surface area contributed by atoms with Crippen molar-refractivity contribution in [3.63, 3.8) is 0 Å². The number of nitrogens with zero attached hydrogens (tertiary/aromatic N) is 3. The number of hydrogen-bond donors (Lipinski definition) is 1. The fourth-order valence-electron chi connectivity index (χ4n) is 2.62. The summed E-state index contributed by atoms with van der Waals surface area (Å²) in [4.78, 5) is 33.6. The molecule has 48 heavy (non-hydrogen) atoms. The summed E-state index contributed by atoms with van der Waals surface area (Å²) < 4.78 is 12.2. The van der Waals surface area contributed by atoms with Crippen LogP contribution in [-0.2, 0) is 30.5 Å². The van der Waals surface area contributed by atoms with Gasteiger partial charge in [0.25, 0.3) is 3.25 Å². The molecule has 0 saturated carbocycles. The fraction of sp³-hybridized carbons (Fsp3) is 0.419. The number of esters is 2. The Balaban J connectivity index is -0.000000165. The van der Waals surface area contributed by atoms with Gasteiger partial charge >= 0.3 is 35.0 Å². The van der Waals surface area contributed by atoms with Gasteiger partial charge in [-0.15, -0.1) is 0 Å². The third-order valence-electron chi connectivity index (χ3n) is 4.70. The number of aliphatic hydroxyl groups is 1. The van der Waals surface area contributed by atoms with E-state index in [9.17, 15) is 14.7 Å². The standard InChI is InChI=1S/C9H12BrNO.C8H8BrNO2.C8H9NO2.C4H10O.CCl4.CH3.BrH.Mg/c1-9(2,12)8-5-7(6-10)3-4-11-8;1-12-8(11)7-4-6(5-9)2-3-10-7;1-6-3-4-9-7(5-6)8(10)11-2;1-3-5-4-2;2-1(3,4)5;;;/h3-5,12H,6H2,1-2H3;2-4H,5H2,1H3;3-5H,1-2H3;3-4H2,1-2H3;;1H3;1H;/q;;;;;-1;;+2/p-1. The first-order chi connectivity index (χ1) is 21.0. The van der Waals surface area contributed by atoms with Crippen LogP contribution in [0.5, 0.6) is 0 Å². The minimum absolute atomic E-state index is 0. The van der Waals surface area contributed by atoms with Crippen LogP contribution in [0.15, 0.2) is 55.0 Å². The minimum atomic E-state index is -1.61. The van der Waals surface area contributed by atoms with E-state index in [2.05, 4.69) is 56.3 Å².